The normalized spacial score (nSPS) is 16.1. The van der Waals surface area contributed by atoms with Gasteiger partial charge in [0.2, 0.25) is 0 Å². The Labute approximate surface area is 77.7 Å². The van der Waals surface area contributed by atoms with E-state index in [2.05, 4.69) is 5.10 Å². The highest BCUT2D eigenvalue weighted by atomic mass is 16.1. The average molecular weight is 178 g/mol. The summed E-state index contributed by atoms with van der Waals surface area (Å²) in [6, 6.07) is 0. The number of nitrogens with zero attached hydrogens (tertiary/aromatic N) is 2. The zero-order valence-electron chi connectivity index (χ0n) is 7.86. The van der Waals surface area contributed by atoms with Crippen LogP contribution in [0.3, 0.4) is 0 Å². The van der Waals surface area contributed by atoms with E-state index in [0.717, 1.165) is 24.9 Å². The lowest BCUT2D eigenvalue weighted by atomic mass is 10.1. The number of aromatic nitrogens is 2. The van der Waals surface area contributed by atoms with Gasteiger partial charge in [0.05, 0.1) is 6.20 Å². The fraction of sp³-hybridized carbons (Fsp3) is 0.600. The van der Waals surface area contributed by atoms with Crippen molar-refractivity contribution >= 4 is 5.78 Å². The molecule has 0 spiro atoms. The van der Waals surface area contributed by atoms with E-state index in [1.54, 1.807) is 6.20 Å². The van der Waals surface area contributed by atoms with Crippen LogP contribution in [-0.4, -0.2) is 15.6 Å². The molecule has 1 saturated carbocycles. The highest BCUT2D eigenvalue weighted by Gasteiger charge is 2.29. The van der Waals surface area contributed by atoms with Crippen LogP contribution in [0, 0.1) is 5.92 Å². The highest BCUT2D eigenvalue weighted by molar-refractivity contribution is 5.85. The molecule has 0 unspecified atom stereocenters. The van der Waals surface area contributed by atoms with Crippen LogP contribution in [-0.2, 0) is 17.8 Å². The SMILES string of the molecule is CCn1cc(CC(=O)C2CC2)cn1. The van der Waals surface area contributed by atoms with Crippen LogP contribution in [0.4, 0.5) is 0 Å². The molecule has 0 bridgehead atoms. The molecule has 3 heteroatoms. The van der Waals surface area contributed by atoms with Crippen molar-refractivity contribution in [3.8, 4) is 0 Å². The van der Waals surface area contributed by atoms with E-state index >= 15 is 0 Å². The number of carbonyl (C=O) groups excluding carboxylic acids is 1. The minimum Gasteiger partial charge on any atom is -0.299 e. The van der Waals surface area contributed by atoms with Crippen LogP contribution in [0.2, 0.25) is 0 Å². The lowest BCUT2D eigenvalue weighted by molar-refractivity contribution is -0.119. The van der Waals surface area contributed by atoms with Crippen molar-refractivity contribution in [1.29, 1.82) is 0 Å². The molecule has 13 heavy (non-hydrogen) atoms. The molecular weight excluding hydrogens is 164 g/mol. The van der Waals surface area contributed by atoms with Crippen molar-refractivity contribution in [3.05, 3.63) is 18.0 Å². The summed E-state index contributed by atoms with van der Waals surface area (Å²) in [5, 5.41) is 4.13. The summed E-state index contributed by atoms with van der Waals surface area (Å²) in [5.74, 6) is 0.751. The molecule has 0 amide bonds. The Balaban J connectivity index is 1.96. The first-order valence-electron chi connectivity index (χ1n) is 4.83. The third-order valence-electron chi connectivity index (χ3n) is 2.42. The van der Waals surface area contributed by atoms with Gasteiger partial charge >= 0.3 is 0 Å². The third-order valence-corrected chi connectivity index (χ3v) is 2.42. The molecule has 1 aliphatic rings. The Morgan fingerprint density at radius 2 is 2.46 bits per heavy atom. The van der Waals surface area contributed by atoms with Crippen LogP contribution in [0.25, 0.3) is 0 Å². The maximum atomic E-state index is 11.4. The Hall–Kier alpha value is -1.12. The highest BCUT2D eigenvalue weighted by Crippen LogP contribution is 2.30. The summed E-state index contributed by atoms with van der Waals surface area (Å²) >= 11 is 0. The van der Waals surface area contributed by atoms with Gasteiger partial charge in [0, 0.05) is 25.1 Å². The van der Waals surface area contributed by atoms with Gasteiger partial charge in [0.25, 0.3) is 0 Å². The van der Waals surface area contributed by atoms with Crippen molar-refractivity contribution in [3.63, 3.8) is 0 Å². The van der Waals surface area contributed by atoms with E-state index in [9.17, 15) is 4.79 Å². The van der Waals surface area contributed by atoms with E-state index in [1.165, 1.54) is 0 Å². The van der Waals surface area contributed by atoms with Crippen molar-refractivity contribution in [2.24, 2.45) is 5.92 Å². The van der Waals surface area contributed by atoms with E-state index < -0.39 is 0 Å². The topological polar surface area (TPSA) is 34.9 Å². The largest absolute Gasteiger partial charge is 0.299 e. The molecular formula is C10H14N2O. The average Bonchev–Trinajstić information content (AvgIpc) is 2.88. The first-order valence-corrected chi connectivity index (χ1v) is 4.83. The maximum absolute atomic E-state index is 11.4. The van der Waals surface area contributed by atoms with Crippen LogP contribution in [0.15, 0.2) is 12.4 Å². The predicted octanol–water partition coefficient (Wildman–Crippen LogP) is 1.42. The second kappa shape index (κ2) is 3.32. The fourth-order valence-corrected chi connectivity index (χ4v) is 1.42. The second-order valence-corrected chi connectivity index (χ2v) is 3.62. The van der Waals surface area contributed by atoms with Crippen molar-refractivity contribution in [2.45, 2.75) is 32.7 Å². The monoisotopic (exact) mass is 178 g/mol. The minimum absolute atomic E-state index is 0.366. The van der Waals surface area contributed by atoms with Crippen LogP contribution < -0.4 is 0 Å². The Morgan fingerprint density at radius 1 is 1.69 bits per heavy atom. The smallest absolute Gasteiger partial charge is 0.140 e. The van der Waals surface area contributed by atoms with Gasteiger partial charge in [0.1, 0.15) is 5.78 Å². The number of hydrogen-bond acceptors (Lipinski definition) is 2. The van der Waals surface area contributed by atoms with Gasteiger partial charge in [-0.3, -0.25) is 9.48 Å². The molecule has 1 heterocycles. The number of Topliss-reactive ketones (excluding diaryl/α,β-unsaturated/α-hetero) is 1. The first-order chi connectivity index (χ1) is 6.29. The molecule has 0 atom stereocenters. The van der Waals surface area contributed by atoms with Crippen molar-refractivity contribution in [2.75, 3.05) is 0 Å². The zero-order chi connectivity index (χ0) is 9.26. The lowest BCUT2D eigenvalue weighted by Gasteiger charge is -1.94. The quantitative estimate of drug-likeness (QED) is 0.699. The standard InChI is InChI=1S/C10H14N2O/c1-2-12-7-8(6-11-12)5-10(13)9-3-4-9/h6-7,9H,2-5H2,1H3. The lowest BCUT2D eigenvalue weighted by Crippen LogP contribution is -2.03. The summed E-state index contributed by atoms with van der Waals surface area (Å²) < 4.78 is 1.86. The number of carbonyl (C=O) groups is 1. The summed E-state index contributed by atoms with van der Waals surface area (Å²) in [5.41, 5.74) is 1.05. The molecule has 0 N–H and O–H groups in total. The summed E-state index contributed by atoms with van der Waals surface area (Å²) in [4.78, 5) is 11.4. The van der Waals surface area contributed by atoms with Crippen LogP contribution in [0.1, 0.15) is 25.3 Å². The second-order valence-electron chi connectivity index (χ2n) is 3.62. The molecule has 1 aromatic heterocycles. The van der Waals surface area contributed by atoms with Gasteiger partial charge in [-0.1, -0.05) is 0 Å². The molecule has 1 fully saturated rings. The zero-order valence-corrected chi connectivity index (χ0v) is 7.86. The minimum atomic E-state index is 0.366. The first kappa shape index (κ1) is 8.48. The van der Waals surface area contributed by atoms with Gasteiger partial charge in [-0.15, -0.1) is 0 Å². The summed E-state index contributed by atoms with van der Waals surface area (Å²) in [6.45, 7) is 2.91. The summed E-state index contributed by atoms with van der Waals surface area (Å²) in [7, 11) is 0. The van der Waals surface area contributed by atoms with E-state index in [0.29, 0.717) is 18.1 Å². The Bertz CT molecular complexity index is 312. The Kier molecular flexibility index (Phi) is 2.17. The van der Waals surface area contributed by atoms with Crippen LogP contribution in [0.5, 0.6) is 0 Å². The van der Waals surface area contributed by atoms with Gasteiger partial charge in [0.15, 0.2) is 0 Å². The van der Waals surface area contributed by atoms with Crippen LogP contribution >= 0.6 is 0 Å². The van der Waals surface area contributed by atoms with Crippen molar-refractivity contribution < 1.29 is 4.79 Å². The van der Waals surface area contributed by atoms with Gasteiger partial charge in [-0.05, 0) is 25.3 Å². The van der Waals surface area contributed by atoms with E-state index in [-0.39, 0.29) is 0 Å². The third kappa shape index (κ3) is 1.97. The Morgan fingerprint density at radius 3 is 3.00 bits per heavy atom. The molecule has 0 saturated heterocycles. The molecule has 70 valence electrons. The fourth-order valence-electron chi connectivity index (χ4n) is 1.42. The van der Waals surface area contributed by atoms with E-state index in [4.69, 9.17) is 0 Å². The molecule has 1 aromatic rings. The van der Waals surface area contributed by atoms with Crippen molar-refractivity contribution in [1.82, 2.24) is 9.78 Å². The number of aryl methyl sites for hydroxylation is 1. The van der Waals surface area contributed by atoms with E-state index in [1.807, 2.05) is 17.8 Å². The summed E-state index contributed by atoms with van der Waals surface area (Å²) in [6.07, 6.45) is 6.52. The van der Waals surface area contributed by atoms with Gasteiger partial charge in [-0.25, -0.2) is 0 Å². The van der Waals surface area contributed by atoms with Gasteiger partial charge in [-0.2, -0.15) is 5.10 Å². The molecule has 1 aliphatic carbocycles. The molecule has 3 nitrogen and oxygen atoms in total. The predicted molar refractivity (Wildman–Crippen MR) is 49.3 cm³/mol. The molecule has 2 rings (SSSR count). The van der Waals surface area contributed by atoms with Gasteiger partial charge < -0.3 is 0 Å². The number of ketones is 1. The molecule has 0 radical (unpaired) electrons. The maximum Gasteiger partial charge on any atom is 0.140 e. The molecule has 0 aliphatic heterocycles. The molecule has 0 aromatic carbocycles. The number of rotatable bonds is 4. The number of hydrogen-bond donors (Lipinski definition) is 0.